The topological polar surface area (TPSA) is 94.9 Å². The van der Waals surface area contributed by atoms with Crippen LogP contribution in [0.4, 0.5) is 4.79 Å². The molecule has 31 heavy (non-hydrogen) atoms. The predicted molar refractivity (Wildman–Crippen MR) is 114 cm³/mol. The number of carbonyl (C=O) groups excluding carboxylic acids is 3. The molecular weight excluding hydrogens is 420 g/mol. The van der Waals surface area contributed by atoms with Crippen molar-refractivity contribution < 1.29 is 18.8 Å². The quantitative estimate of drug-likeness (QED) is 0.647. The van der Waals surface area contributed by atoms with Crippen molar-refractivity contribution in [2.75, 3.05) is 19.6 Å². The van der Waals surface area contributed by atoms with E-state index in [9.17, 15) is 14.4 Å². The van der Waals surface area contributed by atoms with Crippen LogP contribution in [0, 0.1) is 0 Å². The van der Waals surface area contributed by atoms with Crippen LogP contribution >= 0.6 is 11.6 Å². The number of benzene rings is 1. The zero-order chi connectivity index (χ0) is 22.0. The zero-order valence-corrected chi connectivity index (χ0v) is 17.4. The van der Waals surface area contributed by atoms with Gasteiger partial charge in [0.05, 0.1) is 36.7 Å². The Morgan fingerprint density at radius 1 is 1.29 bits per heavy atom. The third-order valence-electron chi connectivity index (χ3n) is 5.20. The number of hydrogen-bond donors (Lipinski definition) is 2. The Morgan fingerprint density at radius 2 is 2.10 bits per heavy atom. The smallest absolute Gasteiger partial charge is 0.322 e. The predicted octanol–water partition coefficient (Wildman–Crippen LogP) is 2.60. The van der Waals surface area contributed by atoms with Crippen LogP contribution in [0.5, 0.6) is 0 Å². The highest BCUT2D eigenvalue weighted by Gasteiger charge is 2.44. The molecule has 4 rings (SSSR count). The number of urea groups is 1. The van der Waals surface area contributed by atoms with Gasteiger partial charge in [0.25, 0.3) is 5.91 Å². The number of carbonyl (C=O) groups is 3. The number of amides is 4. The average molecular weight is 441 g/mol. The number of hydrogen-bond acceptors (Lipinski definition) is 4. The Morgan fingerprint density at radius 3 is 2.81 bits per heavy atom. The molecule has 0 fully saturated rings. The fourth-order valence-electron chi connectivity index (χ4n) is 3.77. The van der Waals surface area contributed by atoms with Crippen molar-refractivity contribution in [3.05, 3.63) is 82.9 Å². The Labute approximate surface area is 184 Å². The van der Waals surface area contributed by atoms with E-state index in [4.69, 9.17) is 16.0 Å². The van der Waals surface area contributed by atoms with Crippen molar-refractivity contribution in [3.8, 4) is 0 Å². The van der Waals surface area contributed by atoms with Gasteiger partial charge in [0.1, 0.15) is 12.3 Å². The molecule has 0 unspecified atom stereocenters. The van der Waals surface area contributed by atoms with E-state index in [2.05, 4.69) is 17.2 Å². The molecule has 0 radical (unpaired) electrons. The van der Waals surface area contributed by atoms with E-state index < -0.39 is 6.04 Å². The molecule has 160 valence electrons. The van der Waals surface area contributed by atoms with Crippen molar-refractivity contribution in [1.29, 1.82) is 0 Å². The van der Waals surface area contributed by atoms with E-state index in [1.165, 1.54) is 16.1 Å². The molecule has 2 aliphatic rings. The summed E-state index contributed by atoms with van der Waals surface area (Å²) in [6.45, 7) is 4.17. The highest BCUT2D eigenvalue weighted by Crippen LogP contribution is 2.38. The lowest BCUT2D eigenvalue weighted by molar-refractivity contribution is -0.132. The SMILES string of the molecule is C=CCN1C(=O)N[C@H](c2ccccc2Cl)C2=C1CN(CC(=O)NCc1ccco1)C2=O. The van der Waals surface area contributed by atoms with E-state index in [0.29, 0.717) is 27.6 Å². The minimum atomic E-state index is -0.694. The van der Waals surface area contributed by atoms with E-state index in [0.717, 1.165) is 0 Å². The summed E-state index contributed by atoms with van der Waals surface area (Å²) in [5.41, 5.74) is 1.59. The number of halogens is 1. The van der Waals surface area contributed by atoms with Gasteiger partial charge in [0, 0.05) is 11.6 Å². The number of furan rings is 1. The zero-order valence-electron chi connectivity index (χ0n) is 16.6. The van der Waals surface area contributed by atoms with Crippen molar-refractivity contribution in [3.63, 3.8) is 0 Å². The Hall–Kier alpha value is -3.52. The van der Waals surface area contributed by atoms with Crippen molar-refractivity contribution in [2.24, 2.45) is 0 Å². The second kappa shape index (κ2) is 8.69. The van der Waals surface area contributed by atoms with Crippen molar-refractivity contribution in [2.45, 2.75) is 12.6 Å². The number of nitrogens with zero attached hydrogens (tertiary/aromatic N) is 2. The molecule has 0 saturated heterocycles. The molecule has 9 heteroatoms. The van der Waals surface area contributed by atoms with Crippen LogP contribution in [-0.2, 0) is 16.1 Å². The fourth-order valence-corrected chi connectivity index (χ4v) is 4.01. The molecule has 1 atom stereocenters. The molecule has 0 saturated carbocycles. The first kappa shape index (κ1) is 20.7. The summed E-state index contributed by atoms with van der Waals surface area (Å²) in [4.78, 5) is 41.4. The van der Waals surface area contributed by atoms with E-state index in [1.54, 1.807) is 42.5 Å². The van der Waals surface area contributed by atoms with Gasteiger partial charge in [-0.2, -0.15) is 0 Å². The minimum absolute atomic E-state index is 0.141. The molecule has 2 N–H and O–H groups in total. The van der Waals surface area contributed by atoms with Gasteiger partial charge in [-0.3, -0.25) is 14.5 Å². The maximum absolute atomic E-state index is 13.3. The first-order valence-electron chi connectivity index (χ1n) is 9.74. The third kappa shape index (κ3) is 4.06. The monoisotopic (exact) mass is 440 g/mol. The van der Waals surface area contributed by atoms with Gasteiger partial charge in [0.15, 0.2) is 0 Å². The molecule has 1 aromatic heterocycles. The van der Waals surface area contributed by atoms with Crippen LogP contribution in [-0.4, -0.2) is 47.3 Å². The Balaban J connectivity index is 1.57. The van der Waals surface area contributed by atoms with E-state index in [-0.39, 0.29) is 44.0 Å². The lowest BCUT2D eigenvalue weighted by Gasteiger charge is -2.33. The van der Waals surface area contributed by atoms with Gasteiger partial charge < -0.3 is 20.0 Å². The van der Waals surface area contributed by atoms with Crippen LogP contribution < -0.4 is 10.6 Å². The average Bonchev–Trinajstić information content (AvgIpc) is 3.38. The third-order valence-corrected chi connectivity index (χ3v) is 5.54. The summed E-state index contributed by atoms with van der Waals surface area (Å²) in [7, 11) is 0. The molecule has 2 aliphatic heterocycles. The summed E-state index contributed by atoms with van der Waals surface area (Å²) >= 11 is 6.35. The van der Waals surface area contributed by atoms with Crippen LogP contribution in [0.2, 0.25) is 5.02 Å². The second-order valence-electron chi connectivity index (χ2n) is 7.18. The Kier molecular flexibility index (Phi) is 5.81. The van der Waals surface area contributed by atoms with Gasteiger partial charge in [0.2, 0.25) is 5.91 Å². The van der Waals surface area contributed by atoms with Gasteiger partial charge in [-0.1, -0.05) is 35.9 Å². The van der Waals surface area contributed by atoms with E-state index in [1.807, 2.05) is 0 Å². The molecule has 3 heterocycles. The molecule has 0 spiro atoms. The molecule has 0 aliphatic carbocycles. The van der Waals surface area contributed by atoms with Crippen LogP contribution in [0.1, 0.15) is 17.4 Å². The van der Waals surface area contributed by atoms with Gasteiger partial charge in [-0.05, 0) is 23.8 Å². The molecule has 1 aromatic carbocycles. The molecular formula is C22H21ClN4O4. The van der Waals surface area contributed by atoms with Crippen LogP contribution in [0.3, 0.4) is 0 Å². The maximum Gasteiger partial charge on any atom is 0.322 e. The standard InChI is InChI=1S/C22H21ClN4O4/c1-2-9-27-17-12-26(13-18(28)24-11-14-6-5-10-31-14)21(29)19(17)20(25-22(27)30)15-7-3-4-8-16(15)23/h2-8,10,20H,1,9,11-13H2,(H,24,28)(H,25,30)/t20-/m1/s1. The number of rotatable bonds is 7. The van der Waals surface area contributed by atoms with Gasteiger partial charge >= 0.3 is 6.03 Å². The molecule has 8 nitrogen and oxygen atoms in total. The summed E-state index contributed by atoms with van der Waals surface area (Å²) in [5, 5.41) is 6.04. The summed E-state index contributed by atoms with van der Waals surface area (Å²) in [5.74, 6) is -0.0279. The number of nitrogens with one attached hydrogen (secondary N) is 2. The summed E-state index contributed by atoms with van der Waals surface area (Å²) < 4.78 is 5.20. The summed E-state index contributed by atoms with van der Waals surface area (Å²) in [6.07, 6.45) is 3.11. The fraction of sp³-hybridized carbons (Fsp3) is 0.227. The van der Waals surface area contributed by atoms with Crippen molar-refractivity contribution in [1.82, 2.24) is 20.4 Å². The molecule has 4 amide bonds. The van der Waals surface area contributed by atoms with Crippen molar-refractivity contribution >= 4 is 29.4 Å². The van der Waals surface area contributed by atoms with Crippen LogP contribution in [0.15, 0.2) is 71.0 Å². The Bertz CT molecular complexity index is 1060. The highest BCUT2D eigenvalue weighted by atomic mass is 35.5. The minimum Gasteiger partial charge on any atom is -0.467 e. The summed E-state index contributed by atoms with van der Waals surface area (Å²) in [6, 6.07) is 9.49. The van der Waals surface area contributed by atoms with Gasteiger partial charge in [-0.25, -0.2) is 4.79 Å². The first-order chi connectivity index (χ1) is 15.0. The lowest BCUT2D eigenvalue weighted by Crippen LogP contribution is -2.47. The normalized spacial score (nSPS) is 18.2. The van der Waals surface area contributed by atoms with Gasteiger partial charge in [-0.15, -0.1) is 6.58 Å². The van der Waals surface area contributed by atoms with E-state index >= 15 is 0 Å². The largest absolute Gasteiger partial charge is 0.467 e. The maximum atomic E-state index is 13.3. The first-order valence-corrected chi connectivity index (χ1v) is 10.1. The second-order valence-corrected chi connectivity index (χ2v) is 7.59. The lowest BCUT2D eigenvalue weighted by atomic mass is 9.95. The molecule has 0 bridgehead atoms. The molecule has 2 aromatic rings. The highest BCUT2D eigenvalue weighted by molar-refractivity contribution is 6.31. The van der Waals surface area contributed by atoms with Crippen LogP contribution in [0.25, 0.3) is 0 Å².